The number of carbonyl (C=O) groups excluding carboxylic acids is 1. The van der Waals surface area contributed by atoms with Crippen molar-refractivity contribution in [2.24, 2.45) is 4.99 Å². The lowest BCUT2D eigenvalue weighted by Gasteiger charge is -2.26. The van der Waals surface area contributed by atoms with Crippen LogP contribution in [0.5, 0.6) is 0 Å². The van der Waals surface area contributed by atoms with Gasteiger partial charge in [0.1, 0.15) is 0 Å². The van der Waals surface area contributed by atoms with Gasteiger partial charge in [-0.25, -0.2) is 0 Å². The van der Waals surface area contributed by atoms with Crippen molar-refractivity contribution in [1.82, 2.24) is 16.0 Å². The lowest BCUT2D eigenvalue weighted by molar-refractivity contribution is -0.120. The Balaban J connectivity index is 0.00000529. The van der Waals surface area contributed by atoms with Crippen molar-refractivity contribution in [1.29, 1.82) is 0 Å². The third-order valence-electron chi connectivity index (χ3n) is 3.69. The van der Waals surface area contributed by atoms with Gasteiger partial charge in [-0.2, -0.15) is 0 Å². The maximum absolute atomic E-state index is 11.6. The van der Waals surface area contributed by atoms with Crippen LogP contribution in [0.3, 0.4) is 0 Å². The first-order valence-corrected chi connectivity index (χ1v) is 8.26. The molecule has 0 unspecified atom stereocenters. The van der Waals surface area contributed by atoms with Gasteiger partial charge in [-0.3, -0.25) is 9.79 Å². The molecular weight excluding hydrogens is 415 g/mol. The van der Waals surface area contributed by atoms with E-state index in [1.807, 2.05) is 13.0 Å². The van der Waals surface area contributed by atoms with Crippen molar-refractivity contribution in [3.05, 3.63) is 35.9 Å². The fourth-order valence-corrected chi connectivity index (χ4v) is 2.16. The van der Waals surface area contributed by atoms with Crippen LogP contribution in [0.4, 0.5) is 0 Å². The highest BCUT2D eigenvalue weighted by Gasteiger charge is 2.20. The van der Waals surface area contributed by atoms with Crippen LogP contribution in [-0.4, -0.2) is 38.5 Å². The van der Waals surface area contributed by atoms with E-state index in [0.29, 0.717) is 13.0 Å². The van der Waals surface area contributed by atoms with Crippen LogP contribution in [0.1, 0.15) is 39.2 Å². The zero-order chi connectivity index (χ0) is 17.1. The summed E-state index contributed by atoms with van der Waals surface area (Å²) in [5.41, 5.74) is 1.28. The monoisotopic (exact) mass is 446 g/mol. The molecule has 0 saturated carbocycles. The lowest BCUT2D eigenvalue weighted by atomic mass is 9.85. The summed E-state index contributed by atoms with van der Waals surface area (Å²) in [6, 6.07) is 10.4. The van der Waals surface area contributed by atoms with Gasteiger partial charge >= 0.3 is 0 Å². The fraction of sp³-hybridized carbons (Fsp3) is 0.556. The predicted molar refractivity (Wildman–Crippen MR) is 112 cm³/mol. The molecule has 1 rings (SSSR count). The molecule has 0 heterocycles. The molecule has 0 bridgehead atoms. The number of rotatable bonds is 8. The summed E-state index contributed by atoms with van der Waals surface area (Å²) in [6.07, 6.45) is 1.40. The van der Waals surface area contributed by atoms with Crippen molar-refractivity contribution in [2.45, 2.75) is 39.0 Å². The Morgan fingerprint density at radius 1 is 1.08 bits per heavy atom. The van der Waals surface area contributed by atoms with Crippen molar-refractivity contribution in [3.8, 4) is 0 Å². The van der Waals surface area contributed by atoms with Crippen molar-refractivity contribution in [3.63, 3.8) is 0 Å². The van der Waals surface area contributed by atoms with Crippen LogP contribution >= 0.6 is 24.0 Å². The molecule has 6 heteroatoms. The largest absolute Gasteiger partial charge is 0.356 e. The number of guanidine groups is 1. The second kappa shape index (κ2) is 12.1. The van der Waals surface area contributed by atoms with Crippen LogP contribution in [0, 0.1) is 0 Å². The van der Waals surface area contributed by atoms with E-state index < -0.39 is 0 Å². The van der Waals surface area contributed by atoms with E-state index in [2.05, 4.69) is 59.1 Å². The summed E-state index contributed by atoms with van der Waals surface area (Å²) in [5, 5.41) is 9.37. The normalized spacial score (nSPS) is 11.4. The molecule has 136 valence electrons. The van der Waals surface area contributed by atoms with Gasteiger partial charge in [-0.1, -0.05) is 51.1 Å². The van der Waals surface area contributed by atoms with Crippen LogP contribution < -0.4 is 16.0 Å². The van der Waals surface area contributed by atoms with E-state index in [1.54, 1.807) is 7.05 Å². The minimum Gasteiger partial charge on any atom is -0.356 e. The fourth-order valence-electron chi connectivity index (χ4n) is 2.16. The first-order valence-electron chi connectivity index (χ1n) is 8.26. The van der Waals surface area contributed by atoms with Gasteiger partial charge in [0.2, 0.25) is 5.91 Å². The number of hydrogen-bond acceptors (Lipinski definition) is 2. The minimum absolute atomic E-state index is 0. The lowest BCUT2D eigenvalue weighted by Crippen LogP contribution is -2.44. The second-order valence-electron chi connectivity index (χ2n) is 6.20. The number of aliphatic imine (C=N–C) groups is 1. The van der Waals surface area contributed by atoms with Gasteiger partial charge in [0.15, 0.2) is 5.96 Å². The minimum atomic E-state index is -0.00260. The van der Waals surface area contributed by atoms with Crippen LogP contribution in [0.15, 0.2) is 35.3 Å². The van der Waals surface area contributed by atoms with E-state index in [-0.39, 0.29) is 35.3 Å². The molecule has 0 aromatic heterocycles. The zero-order valence-electron chi connectivity index (χ0n) is 15.2. The topological polar surface area (TPSA) is 65.5 Å². The maximum atomic E-state index is 11.6. The second-order valence-corrected chi connectivity index (χ2v) is 6.20. The standard InChI is InChI=1S/C18H30N4O.HI/c1-5-12-20-16(23)11-13-21-17(19-4)22-14-18(2,3)15-9-7-6-8-10-15;/h6-10H,5,11-14H2,1-4H3,(H,20,23)(H2,19,21,22);1H. The average molecular weight is 446 g/mol. The Morgan fingerprint density at radius 3 is 2.33 bits per heavy atom. The molecule has 1 aromatic rings. The number of carbonyl (C=O) groups is 1. The Bertz CT molecular complexity index is 503. The van der Waals surface area contributed by atoms with Crippen LogP contribution in [-0.2, 0) is 10.2 Å². The summed E-state index contributed by atoms with van der Waals surface area (Å²) in [4.78, 5) is 15.8. The van der Waals surface area contributed by atoms with Gasteiger partial charge in [0, 0.05) is 38.5 Å². The number of amides is 1. The van der Waals surface area contributed by atoms with Gasteiger partial charge in [-0.05, 0) is 12.0 Å². The molecule has 0 radical (unpaired) electrons. The molecule has 0 fully saturated rings. The number of benzene rings is 1. The van der Waals surface area contributed by atoms with Gasteiger partial charge in [0.05, 0.1) is 0 Å². The van der Waals surface area contributed by atoms with Gasteiger partial charge in [-0.15, -0.1) is 24.0 Å². The highest BCUT2D eigenvalue weighted by atomic mass is 127. The van der Waals surface area contributed by atoms with Gasteiger partial charge in [0.25, 0.3) is 0 Å². The number of halogens is 1. The molecule has 5 nitrogen and oxygen atoms in total. The summed E-state index contributed by atoms with van der Waals surface area (Å²) >= 11 is 0. The zero-order valence-corrected chi connectivity index (χ0v) is 17.5. The smallest absolute Gasteiger partial charge is 0.221 e. The summed E-state index contributed by atoms with van der Waals surface area (Å²) in [5.74, 6) is 0.789. The molecule has 1 amide bonds. The average Bonchev–Trinajstić information content (AvgIpc) is 2.56. The highest BCUT2D eigenvalue weighted by Crippen LogP contribution is 2.21. The Labute approximate surface area is 163 Å². The summed E-state index contributed by atoms with van der Waals surface area (Å²) in [6.45, 7) is 8.50. The molecule has 3 N–H and O–H groups in total. The first kappa shape index (κ1) is 22.7. The first-order chi connectivity index (χ1) is 11.0. The molecule has 0 saturated heterocycles. The summed E-state index contributed by atoms with van der Waals surface area (Å²) in [7, 11) is 1.74. The van der Waals surface area contributed by atoms with Crippen molar-refractivity contribution >= 4 is 35.8 Å². The van der Waals surface area contributed by atoms with E-state index in [1.165, 1.54) is 5.56 Å². The van der Waals surface area contributed by atoms with E-state index >= 15 is 0 Å². The Kier molecular flexibility index (Phi) is 11.4. The quantitative estimate of drug-likeness (QED) is 0.327. The van der Waals surface area contributed by atoms with Crippen molar-refractivity contribution in [2.75, 3.05) is 26.7 Å². The molecule has 0 atom stereocenters. The molecule has 0 aliphatic carbocycles. The Hall–Kier alpha value is -1.31. The van der Waals surface area contributed by atoms with Crippen LogP contribution in [0.2, 0.25) is 0 Å². The molecule has 0 aliphatic heterocycles. The van der Waals surface area contributed by atoms with E-state index in [0.717, 1.165) is 25.5 Å². The summed E-state index contributed by atoms with van der Waals surface area (Å²) < 4.78 is 0. The SMILES string of the molecule is CCCNC(=O)CCNC(=NC)NCC(C)(C)c1ccccc1.I. The molecule has 24 heavy (non-hydrogen) atoms. The molecule has 0 aliphatic rings. The van der Waals surface area contributed by atoms with E-state index in [9.17, 15) is 4.79 Å². The van der Waals surface area contributed by atoms with Gasteiger partial charge < -0.3 is 16.0 Å². The Morgan fingerprint density at radius 2 is 1.75 bits per heavy atom. The molecule has 0 spiro atoms. The van der Waals surface area contributed by atoms with Crippen molar-refractivity contribution < 1.29 is 4.79 Å². The molecular formula is C18H31IN4O. The number of nitrogens with one attached hydrogen (secondary N) is 3. The number of hydrogen-bond donors (Lipinski definition) is 3. The number of nitrogens with zero attached hydrogens (tertiary/aromatic N) is 1. The third kappa shape index (κ3) is 8.52. The predicted octanol–water partition coefficient (Wildman–Crippen LogP) is 2.66. The van der Waals surface area contributed by atoms with Crippen LogP contribution in [0.25, 0.3) is 0 Å². The highest BCUT2D eigenvalue weighted by molar-refractivity contribution is 14.0. The maximum Gasteiger partial charge on any atom is 0.221 e. The van der Waals surface area contributed by atoms with E-state index in [4.69, 9.17) is 0 Å². The third-order valence-corrected chi connectivity index (χ3v) is 3.69. The molecule has 1 aromatic carbocycles.